The van der Waals surface area contributed by atoms with E-state index in [1.54, 1.807) is 0 Å². The molecule has 2 aromatic heterocycles. The van der Waals surface area contributed by atoms with E-state index >= 15 is 0 Å². The van der Waals surface area contributed by atoms with E-state index in [0.29, 0.717) is 0 Å². The van der Waals surface area contributed by atoms with Crippen LogP contribution in [0.15, 0.2) is 37.4 Å². The summed E-state index contributed by atoms with van der Waals surface area (Å²) in [4.78, 5) is 0. The van der Waals surface area contributed by atoms with Crippen LogP contribution >= 0.6 is 0 Å². The van der Waals surface area contributed by atoms with Gasteiger partial charge >= 0.3 is 11.0 Å². The summed E-state index contributed by atoms with van der Waals surface area (Å²) in [7, 11) is -8.02. The van der Waals surface area contributed by atoms with E-state index in [1.165, 1.54) is 142 Å². The van der Waals surface area contributed by atoms with Crippen LogP contribution < -0.4 is 9.13 Å². The van der Waals surface area contributed by atoms with Gasteiger partial charge in [0.05, 0.1) is 27.2 Å². The fraction of sp³-hybridized carbons (Fsp3) is 0.824. The summed E-state index contributed by atoms with van der Waals surface area (Å²) >= 11 is 0. The number of halogens is 6. The summed E-state index contributed by atoms with van der Waals surface area (Å²) in [6, 6.07) is 0. The van der Waals surface area contributed by atoms with Crippen molar-refractivity contribution < 1.29 is 61.4 Å². The van der Waals surface area contributed by atoms with E-state index in [4.69, 9.17) is 25.9 Å². The lowest BCUT2D eigenvalue weighted by Crippen LogP contribution is -2.23. The Balaban J connectivity index is 0. The van der Waals surface area contributed by atoms with Gasteiger partial charge in [-0.2, -0.15) is 26.3 Å². The summed E-state index contributed by atoms with van der Waals surface area (Å²) in [5, 5.41) is 0. The van der Waals surface area contributed by atoms with Gasteiger partial charge in [0.2, 0.25) is 12.7 Å². The van der Waals surface area contributed by atoms with E-state index in [9.17, 15) is 26.3 Å². The van der Waals surface area contributed by atoms with Crippen LogP contribution in [0, 0.1) is 0 Å². The minimum Gasteiger partial charge on any atom is -0.741 e. The highest BCUT2D eigenvalue weighted by molar-refractivity contribution is 7.86. The molecular formula is C34H62F6N4O6S2. The van der Waals surface area contributed by atoms with Crippen LogP contribution in [0.25, 0.3) is 0 Å². The van der Waals surface area contributed by atoms with Crippen molar-refractivity contribution in [3.63, 3.8) is 0 Å². The number of hydrogen-bond donors (Lipinski definition) is 0. The number of aryl methyl sites for hydroxylation is 4. The van der Waals surface area contributed by atoms with Gasteiger partial charge in [0.15, 0.2) is 20.2 Å². The lowest BCUT2D eigenvalue weighted by Gasteiger charge is -2.08. The molecule has 0 fully saturated rings. The number of unbranched alkanes of at least 4 members (excludes halogenated alkanes) is 18. The molecule has 0 aliphatic rings. The minimum absolute atomic E-state index is 1.18. The Morgan fingerprint density at radius 2 is 0.692 bits per heavy atom. The summed E-state index contributed by atoms with van der Waals surface area (Å²) in [6.45, 7) is 6.92. The van der Waals surface area contributed by atoms with Crippen molar-refractivity contribution >= 4 is 20.2 Å². The second kappa shape index (κ2) is 29.2. The number of nitrogens with zero attached hydrogens (tertiary/aromatic N) is 4. The summed E-state index contributed by atoms with van der Waals surface area (Å²) in [6.07, 6.45) is 41.1. The highest BCUT2D eigenvalue weighted by Gasteiger charge is 2.37. The third kappa shape index (κ3) is 31.4. The van der Waals surface area contributed by atoms with Crippen molar-refractivity contribution in [2.45, 2.75) is 166 Å². The molecule has 2 heterocycles. The molecule has 0 atom stereocenters. The highest BCUT2D eigenvalue weighted by atomic mass is 32.2. The van der Waals surface area contributed by atoms with Crippen molar-refractivity contribution in [1.29, 1.82) is 0 Å². The quantitative estimate of drug-likeness (QED) is 0.0386. The van der Waals surface area contributed by atoms with Gasteiger partial charge in [0.25, 0.3) is 0 Å². The first-order chi connectivity index (χ1) is 24.2. The average Bonchev–Trinajstić information content (AvgIpc) is 3.65. The number of rotatable bonds is 22. The topological polar surface area (TPSA) is 132 Å². The molecule has 0 aliphatic carbocycles. The van der Waals surface area contributed by atoms with Crippen LogP contribution in [-0.4, -0.2) is 46.1 Å². The van der Waals surface area contributed by atoms with Crippen molar-refractivity contribution in [3.05, 3.63) is 37.4 Å². The Hall–Kier alpha value is -2.18. The summed E-state index contributed by atoms with van der Waals surface area (Å²) in [5.41, 5.74) is -11.3. The molecule has 0 amide bonds. The highest BCUT2D eigenvalue weighted by Crippen LogP contribution is 2.21. The number of aromatic nitrogens is 4. The molecule has 10 nitrogen and oxygen atoms in total. The first kappa shape index (κ1) is 51.9. The van der Waals surface area contributed by atoms with Crippen LogP contribution in [0.3, 0.4) is 0 Å². The van der Waals surface area contributed by atoms with Gasteiger partial charge in [-0.05, 0) is 25.7 Å². The zero-order valence-corrected chi connectivity index (χ0v) is 33.0. The van der Waals surface area contributed by atoms with E-state index in [2.05, 4.69) is 83.7 Å². The smallest absolute Gasteiger partial charge is 0.485 e. The molecule has 308 valence electrons. The van der Waals surface area contributed by atoms with E-state index in [0.717, 1.165) is 0 Å². The van der Waals surface area contributed by atoms with E-state index in [1.807, 2.05) is 0 Å². The maximum absolute atomic E-state index is 10.7. The molecule has 0 saturated carbocycles. The van der Waals surface area contributed by atoms with Gasteiger partial charge in [-0.25, -0.2) is 35.1 Å². The van der Waals surface area contributed by atoms with Crippen LogP contribution in [0.1, 0.15) is 142 Å². The second-order valence-electron chi connectivity index (χ2n) is 12.8. The third-order valence-corrected chi connectivity index (χ3v) is 8.89. The first-order valence-corrected chi connectivity index (χ1v) is 21.0. The Labute approximate surface area is 308 Å². The molecule has 0 bridgehead atoms. The molecule has 0 radical (unpaired) electrons. The van der Waals surface area contributed by atoms with Crippen molar-refractivity contribution in [1.82, 2.24) is 9.13 Å². The van der Waals surface area contributed by atoms with Crippen LogP contribution in [0.2, 0.25) is 0 Å². The molecule has 2 rings (SSSR count). The zero-order valence-electron chi connectivity index (χ0n) is 31.3. The SMILES string of the molecule is CCCCCCCCCCCCn1cc[n+](C)c1.CCCCCCCCCCCCn1cc[n+](C)c1.O=S(=O)([O-])C(F)(F)F.O=S(=O)([O-])C(F)(F)F. The van der Waals surface area contributed by atoms with Gasteiger partial charge in [-0.3, -0.25) is 0 Å². The molecule has 52 heavy (non-hydrogen) atoms. The van der Waals surface area contributed by atoms with Gasteiger partial charge in [0, 0.05) is 0 Å². The molecule has 0 aliphatic heterocycles. The molecule has 0 aromatic carbocycles. The van der Waals surface area contributed by atoms with Gasteiger partial charge < -0.3 is 9.11 Å². The number of hydrogen-bond acceptors (Lipinski definition) is 6. The monoisotopic (exact) mass is 800 g/mol. The van der Waals surface area contributed by atoms with Gasteiger partial charge in [0.1, 0.15) is 24.8 Å². The lowest BCUT2D eigenvalue weighted by molar-refractivity contribution is -0.671. The maximum atomic E-state index is 10.7. The summed E-state index contributed by atoms with van der Waals surface area (Å²) in [5.74, 6) is 0. The maximum Gasteiger partial charge on any atom is 0.485 e. The third-order valence-electron chi connectivity index (χ3n) is 7.75. The van der Waals surface area contributed by atoms with Gasteiger partial charge in [-0.15, -0.1) is 0 Å². The fourth-order valence-electron chi connectivity index (χ4n) is 4.83. The van der Waals surface area contributed by atoms with Crippen molar-refractivity contribution in [2.24, 2.45) is 14.1 Å². The predicted octanol–water partition coefficient (Wildman–Crippen LogP) is 8.57. The fourth-order valence-corrected chi connectivity index (χ4v) is 4.83. The Bertz CT molecular complexity index is 1250. The van der Waals surface area contributed by atoms with Crippen LogP contribution in [0.4, 0.5) is 26.3 Å². The predicted molar refractivity (Wildman–Crippen MR) is 186 cm³/mol. The van der Waals surface area contributed by atoms with Crippen LogP contribution in [-0.2, 0) is 47.4 Å². The molecular weight excluding hydrogens is 739 g/mol. The summed E-state index contributed by atoms with van der Waals surface area (Å²) < 4.78 is 127. The Kier molecular flexibility index (Phi) is 29.2. The average molecular weight is 801 g/mol. The zero-order chi connectivity index (χ0) is 40.1. The van der Waals surface area contributed by atoms with Crippen LogP contribution in [0.5, 0.6) is 0 Å². The van der Waals surface area contributed by atoms with Crippen molar-refractivity contribution in [3.8, 4) is 0 Å². The molecule has 0 N–H and O–H groups in total. The standard InChI is InChI=1S/2C16H31N2.2CHF3O3S/c2*1-3-4-5-6-7-8-9-10-11-12-13-18-15-14-17(2)16-18;2*2-1(3,4)8(5,6)7/h2*14-16H,3-13H2,1-2H3;2*(H,5,6,7)/q2*+1;;/p-2. The molecule has 2 aromatic rings. The molecule has 18 heteroatoms. The number of alkyl halides is 6. The van der Waals surface area contributed by atoms with Crippen molar-refractivity contribution in [2.75, 3.05) is 0 Å². The van der Waals surface area contributed by atoms with Gasteiger partial charge in [-0.1, -0.05) is 117 Å². The molecule has 0 saturated heterocycles. The largest absolute Gasteiger partial charge is 0.741 e. The van der Waals surface area contributed by atoms with E-state index in [-0.39, 0.29) is 0 Å². The molecule has 0 spiro atoms. The van der Waals surface area contributed by atoms with E-state index < -0.39 is 31.3 Å². The number of imidazole rings is 2. The normalized spacial score (nSPS) is 11.9. The first-order valence-electron chi connectivity index (χ1n) is 18.2. The lowest BCUT2D eigenvalue weighted by atomic mass is 10.1. The Morgan fingerprint density at radius 1 is 0.481 bits per heavy atom. The second-order valence-corrected chi connectivity index (χ2v) is 15.5. The Morgan fingerprint density at radius 3 is 0.865 bits per heavy atom. The molecule has 0 unspecified atom stereocenters. The minimum atomic E-state index is -6.09.